The largest absolute Gasteiger partial charge is 0.298 e. The smallest absolute Gasteiger partial charge is 0.153 e. The van der Waals surface area contributed by atoms with Crippen LogP contribution in [0, 0.1) is 0 Å². The van der Waals surface area contributed by atoms with Gasteiger partial charge in [0.25, 0.3) is 0 Å². The van der Waals surface area contributed by atoms with Crippen LogP contribution in [0.2, 0.25) is 5.02 Å². The topological polar surface area (TPSA) is 97.0 Å². The molecule has 1 aliphatic rings. The number of nitrogens with zero attached hydrogens (tertiary/aromatic N) is 1. The van der Waals surface area contributed by atoms with Crippen molar-refractivity contribution in [2.24, 2.45) is 0 Å². The van der Waals surface area contributed by atoms with Crippen LogP contribution in [0.5, 0.6) is 5.75 Å². The van der Waals surface area contributed by atoms with Crippen LogP contribution in [0.25, 0.3) is 11.1 Å². The monoisotopic (exact) mass is 705 g/mol. The van der Waals surface area contributed by atoms with Crippen LogP contribution >= 0.6 is 31.7 Å². The van der Waals surface area contributed by atoms with Gasteiger partial charge in [-0.2, -0.15) is 0 Å². The van der Waals surface area contributed by atoms with Gasteiger partial charge in [-0.3, -0.25) is 9.59 Å². The quantitative estimate of drug-likeness (QED) is 0.0930. The first-order valence-corrected chi connectivity index (χ1v) is 19.5. The number of methoxy groups -OCH3 is 1. The van der Waals surface area contributed by atoms with Gasteiger partial charge in [0.2, 0.25) is 5.91 Å². The summed E-state index contributed by atoms with van der Waals surface area (Å²) in [6.07, 6.45) is 3.60. The van der Waals surface area contributed by atoms with Crippen LogP contribution < -0.4 is 15.4 Å². The summed E-state index contributed by atoms with van der Waals surface area (Å²) in [4.78, 5) is 41.4. The van der Waals surface area contributed by atoms with Gasteiger partial charge in [0.05, 0.1) is 23.4 Å². The zero-order valence-corrected chi connectivity index (χ0v) is 27.0. The molecule has 3 aromatic rings. The molecular formula is C32H37ClIN3O5. The van der Waals surface area contributed by atoms with Crippen LogP contribution in [0.1, 0.15) is 41.6 Å². The fraction of sp³-hybridized carbons (Fsp3) is 0.344. The van der Waals surface area contributed by atoms with E-state index in [1.807, 2.05) is 42.5 Å². The van der Waals surface area contributed by atoms with E-state index >= 15 is 0 Å². The van der Waals surface area contributed by atoms with E-state index in [1.54, 1.807) is 6.07 Å². The minimum atomic E-state index is -1.10. The summed E-state index contributed by atoms with van der Waals surface area (Å²) in [5, 5.41) is 6.05. The zero-order chi connectivity index (χ0) is 30.1. The van der Waals surface area contributed by atoms with Gasteiger partial charge >= 0.3 is 170 Å². The predicted octanol–water partition coefficient (Wildman–Crippen LogP) is 7.48. The number of hydrogen-bond donors (Lipinski definition) is 2. The summed E-state index contributed by atoms with van der Waals surface area (Å²) in [6, 6.07) is 18.8. The maximum atomic E-state index is 12.9. The Kier molecular flexibility index (Phi) is 11.6. The fourth-order valence-electron chi connectivity index (χ4n) is 4.90. The first-order chi connectivity index (χ1) is 20.3. The molecule has 1 aliphatic heterocycles. The number of amides is 2. The Hall–Kier alpha value is -3.15. The molecule has 1 heterocycles. The molecule has 1 atom stereocenters. The molecule has 4 rings (SSSR count). The van der Waals surface area contributed by atoms with Crippen LogP contribution in [0.3, 0.4) is 0 Å². The third kappa shape index (κ3) is 8.68. The first-order valence-electron chi connectivity index (χ1n) is 13.8. The maximum absolute atomic E-state index is 12.9. The molecule has 1 unspecified atom stereocenters. The van der Waals surface area contributed by atoms with Crippen molar-refractivity contribution in [2.75, 3.05) is 40.7 Å². The molecule has 10 heteroatoms. The molecule has 0 bridgehead atoms. The summed E-state index contributed by atoms with van der Waals surface area (Å²) in [5.41, 5.74) is 4.30. The Morgan fingerprint density at radius 1 is 1.07 bits per heavy atom. The number of rotatable bonds is 11. The molecule has 42 heavy (non-hydrogen) atoms. The molecule has 1 fully saturated rings. The third-order valence-corrected chi connectivity index (χ3v) is 11.0. The molecule has 0 aliphatic carbocycles. The van der Waals surface area contributed by atoms with Gasteiger partial charge in [-0.15, -0.1) is 0 Å². The van der Waals surface area contributed by atoms with E-state index in [1.165, 1.54) is 13.2 Å². The Morgan fingerprint density at radius 3 is 2.57 bits per heavy atom. The number of ether oxygens (including phenoxy) is 2. The van der Waals surface area contributed by atoms with Crippen LogP contribution in [-0.4, -0.2) is 57.6 Å². The molecule has 0 saturated carbocycles. The number of alkyl halides is 2. The van der Waals surface area contributed by atoms with Crippen molar-refractivity contribution in [3.8, 4) is 16.9 Å². The normalized spacial score (nSPS) is 15.4. The molecule has 0 aromatic heterocycles. The number of nitrogens with one attached hydrogen (secondary N) is 2. The van der Waals surface area contributed by atoms with E-state index in [0.717, 1.165) is 42.6 Å². The second-order valence-electron chi connectivity index (χ2n) is 10.2. The summed E-state index contributed by atoms with van der Waals surface area (Å²) in [7, 11) is 1.45. The Balaban J connectivity index is 1.39. The zero-order valence-electron chi connectivity index (χ0n) is 24.1. The van der Waals surface area contributed by atoms with Crippen LogP contribution in [0.15, 0.2) is 60.7 Å². The van der Waals surface area contributed by atoms with E-state index in [2.05, 4.69) is 29.7 Å². The summed E-state index contributed by atoms with van der Waals surface area (Å²) < 4.78 is 13.5. The number of anilines is 2. The number of carbonyl (C=O) groups excluding carboxylic acids is 3. The van der Waals surface area contributed by atoms with E-state index in [-0.39, 0.29) is 23.5 Å². The van der Waals surface area contributed by atoms with Crippen molar-refractivity contribution in [2.45, 2.75) is 38.2 Å². The molecule has 2 amide bonds. The van der Waals surface area contributed by atoms with Gasteiger partial charge in [0, 0.05) is 12.5 Å². The second kappa shape index (κ2) is 15.4. The van der Waals surface area contributed by atoms with Gasteiger partial charge in [-0.05, 0) is 6.07 Å². The van der Waals surface area contributed by atoms with Crippen LogP contribution in [0.4, 0.5) is 16.2 Å². The number of halogens is 2. The molecule has 0 radical (unpaired) electrons. The minimum Gasteiger partial charge on any atom is -0.298 e. The maximum Gasteiger partial charge on any atom is 0.153 e. The van der Waals surface area contributed by atoms with E-state index < -0.39 is 26.2 Å². The van der Waals surface area contributed by atoms with Crippen molar-refractivity contribution in [1.82, 2.24) is 3.11 Å². The average Bonchev–Trinajstić information content (AvgIpc) is 2.99. The molecule has 2 N–H and O–H groups in total. The minimum absolute atomic E-state index is 0.0945. The number of piperidine rings is 1. The Bertz CT molecular complexity index is 1400. The van der Waals surface area contributed by atoms with E-state index in [4.69, 9.17) is 21.1 Å². The average molecular weight is 706 g/mol. The molecule has 3 aromatic carbocycles. The molecule has 224 valence electrons. The molecule has 1 saturated heterocycles. The Morgan fingerprint density at radius 2 is 1.86 bits per heavy atom. The summed E-state index contributed by atoms with van der Waals surface area (Å²) in [5.74, 6) is 0.151. The van der Waals surface area contributed by atoms with Gasteiger partial charge in [-0.1, -0.05) is 11.6 Å². The standard InChI is InChI=1S/C32H37ClIN3O5/c1-34(2)37-16-8-12-25(20-37)42-32(40)36-28-15-14-22(17-26(28)23-10-5-4-6-11-23)9-7-13-31(39)35-29-19-30(41-3)24(21-38)18-27(29)33/h4-6,10-11,14-15,17-19,21,25H,7-9,12-13,16,20H2,1-3H3,(H,35,39)(H,36,40). The van der Waals surface area contributed by atoms with E-state index in [0.29, 0.717) is 41.8 Å². The number of benzene rings is 3. The SMILES string of the molecule is COc1cc(NC(=O)CCCc2ccc(NC(=O)OC3CCCN(I(C)C)C3)c(-c3ccccc3)c2)c(Cl)cc1C=O. The fourth-order valence-corrected chi connectivity index (χ4v) is 7.65. The van der Waals surface area contributed by atoms with Gasteiger partial charge in [-0.25, -0.2) is 0 Å². The summed E-state index contributed by atoms with van der Waals surface area (Å²) in [6.45, 7) is 1.91. The Labute approximate surface area is 259 Å². The number of aldehydes is 1. The molecule has 0 spiro atoms. The van der Waals surface area contributed by atoms with Crippen LogP contribution in [-0.2, 0) is 16.0 Å². The van der Waals surface area contributed by atoms with Gasteiger partial charge in [0.15, 0.2) is 6.29 Å². The van der Waals surface area contributed by atoms with Crippen molar-refractivity contribution in [1.29, 1.82) is 0 Å². The number of aryl methyl sites for hydroxylation is 1. The van der Waals surface area contributed by atoms with Crippen molar-refractivity contribution < 1.29 is 23.9 Å². The number of hydrogen-bond acceptors (Lipinski definition) is 6. The van der Waals surface area contributed by atoms with Gasteiger partial charge < -0.3 is 10.1 Å². The van der Waals surface area contributed by atoms with E-state index in [9.17, 15) is 14.4 Å². The van der Waals surface area contributed by atoms with Gasteiger partial charge in [0.1, 0.15) is 5.75 Å². The van der Waals surface area contributed by atoms with Crippen molar-refractivity contribution in [3.05, 3.63) is 76.8 Å². The predicted molar refractivity (Wildman–Crippen MR) is 177 cm³/mol. The number of carbonyl (C=O) groups is 3. The van der Waals surface area contributed by atoms with Crippen molar-refractivity contribution in [3.63, 3.8) is 0 Å². The summed E-state index contributed by atoms with van der Waals surface area (Å²) >= 11 is 5.14. The third-order valence-electron chi connectivity index (χ3n) is 7.08. The molecule has 8 nitrogen and oxygen atoms in total. The molecular weight excluding hydrogens is 669 g/mol. The first kappa shape index (κ1) is 31.8. The second-order valence-corrected chi connectivity index (χ2v) is 16.1. The van der Waals surface area contributed by atoms with Crippen molar-refractivity contribution >= 4 is 61.4 Å².